The number of fused-ring (bicyclic) bond motifs is 1. The zero-order valence-electron chi connectivity index (χ0n) is 16.1. The number of anilines is 1. The van der Waals surface area contributed by atoms with Crippen LogP contribution in [0.25, 0.3) is 0 Å². The van der Waals surface area contributed by atoms with Gasteiger partial charge in [-0.1, -0.05) is 12.1 Å². The molecule has 0 spiro atoms. The van der Waals surface area contributed by atoms with Gasteiger partial charge in [-0.3, -0.25) is 9.59 Å². The fourth-order valence-electron chi connectivity index (χ4n) is 2.58. The summed E-state index contributed by atoms with van der Waals surface area (Å²) in [7, 11) is 0. The predicted octanol–water partition coefficient (Wildman–Crippen LogP) is 3.32. The average Bonchev–Trinajstić information content (AvgIpc) is 2.72. The smallest absolute Gasteiger partial charge is 0.340 e. The number of esters is 1. The molecule has 8 heteroatoms. The van der Waals surface area contributed by atoms with Gasteiger partial charge in [0.15, 0.2) is 17.6 Å². The van der Waals surface area contributed by atoms with Crippen molar-refractivity contribution in [3.05, 3.63) is 48.0 Å². The summed E-state index contributed by atoms with van der Waals surface area (Å²) in [5.74, 6) is 0.337. The first-order valence-electron chi connectivity index (χ1n) is 9.07. The van der Waals surface area contributed by atoms with Crippen LogP contribution in [0.15, 0.2) is 47.4 Å². The number of hydrogen-bond donors (Lipinski definition) is 1. The molecule has 1 aliphatic heterocycles. The van der Waals surface area contributed by atoms with Crippen molar-refractivity contribution in [3.63, 3.8) is 0 Å². The van der Waals surface area contributed by atoms with E-state index in [2.05, 4.69) is 5.32 Å². The van der Waals surface area contributed by atoms with E-state index in [0.717, 1.165) is 0 Å². The second kappa shape index (κ2) is 9.47. The summed E-state index contributed by atoms with van der Waals surface area (Å²) in [6, 6.07) is 11.9. The van der Waals surface area contributed by atoms with Crippen molar-refractivity contribution in [1.82, 2.24) is 0 Å². The third-order valence-corrected chi connectivity index (χ3v) is 5.22. The van der Waals surface area contributed by atoms with Gasteiger partial charge in [-0.25, -0.2) is 4.79 Å². The Morgan fingerprint density at radius 3 is 2.59 bits per heavy atom. The van der Waals surface area contributed by atoms with Crippen LogP contribution in [0.1, 0.15) is 24.2 Å². The van der Waals surface area contributed by atoms with E-state index in [-0.39, 0.29) is 11.5 Å². The van der Waals surface area contributed by atoms with Crippen LogP contribution in [0.4, 0.5) is 5.69 Å². The van der Waals surface area contributed by atoms with Crippen molar-refractivity contribution in [2.75, 3.05) is 24.3 Å². The molecule has 0 radical (unpaired) electrons. The molecule has 3 rings (SSSR count). The van der Waals surface area contributed by atoms with Gasteiger partial charge in [0.25, 0.3) is 5.91 Å². The molecule has 2 aromatic carbocycles. The molecule has 1 amide bonds. The molecule has 1 heterocycles. The van der Waals surface area contributed by atoms with Gasteiger partial charge in [-0.05, 0) is 38.1 Å². The highest BCUT2D eigenvalue weighted by Gasteiger charge is 2.22. The molecule has 152 valence electrons. The first-order valence-corrected chi connectivity index (χ1v) is 10.1. The number of ether oxygens (including phenoxy) is 3. The Morgan fingerprint density at radius 2 is 1.83 bits per heavy atom. The van der Waals surface area contributed by atoms with Crippen molar-refractivity contribution in [3.8, 4) is 11.5 Å². The van der Waals surface area contributed by atoms with Crippen LogP contribution >= 0.6 is 11.8 Å². The summed E-state index contributed by atoms with van der Waals surface area (Å²) in [4.78, 5) is 36.8. The SMILES string of the molecule is CC(=O)CSc1ccccc1C(=O)O[C@@H](C)C(=O)Nc1ccc2c(c1)OCCO2. The van der Waals surface area contributed by atoms with Crippen LogP contribution in [0.5, 0.6) is 11.5 Å². The third kappa shape index (κ3) is 5.51. The number of carbonyl (C=O) groups excluding carboxylic acids is 3. The minimum absolute atomic E-state index is 0.00495. The molecule has 2 aromatic rings. The van der Waals surface area contributed by atoms with Crippen molar-refractivity contribution in [2.45, 2.75) is 24.8 Å². The maximum atomic E-state index is 12.5. The number of thioether (sulfide) groups is 1. The van der Waals surface area contributed by atoms with Crippen molar-refractivity contribution >= 4 is 35.1 Å². The van der Waals surface area contributed by atoms with Gasteiger partial charge in [-0.2, -0.15) is 0 Å². The fourth-order valence-corrected chi connectivity index (χ4v) is 3.42. The number of amides is 1. The van der Waals surface area contributed by atoms with E-state index in [0.29, 0.717) is 40.9 Å². The van der Waals surface area contributed by atoms with Gasteiger partial charge in [-0.15, -0.1) is 11.8 Å². The molecule has 0 fully saturated rings. The molecule has 0 bridgehead atoms. The quantitative estimate of drug-likeness (QED) is 0.548. The Kier molecular flexibility index (Phi) is 6.77. The summed E-state index contributed by atoms with van der Waals surface area (Å²) >= 11 is 1.26. The Bertz CT molecular complexity index is 929. The molecule has 0 saturated heterocycles. The lowest BCUT2D eigenvalue weighted by atomic mass is 10.2. The summed E-state index contributed by atoms with van der Waals surface area (Å²) in [5, 5.41) is 2.70. The summed E-state index contributed by atoms with van der Waals surface area (Å²) in [6.07, 6.45) is -1.01. The molecule has 1 N–H and O–H groups in total. The lowest BCUT2D eigenvalue weighted by Crippen LogP contribution is -2.30. The molecule has 0 saturated carbocycles. The minimum atomic E-state index is -1.01. The van der Waals surface area contributed by atoms with E-state index < -0.39 is 18.0 Å². The van der Waals surface area contributed by atoms with Crippen LogP contribution in [0.3, 0.4) is 0 Å². The van der Waals surface area contributed by atoms with E-state index in [1.165, 1.54) is 25.6 Å². The largest absolute Gasteiger partial charge is 0.486 e. The number of carbonyl (C=O) groups is 3. The zero-order valence-corrected chi connectivity index (χ0v) is 16.9. The highest BCUT2D eigenvalue weighted by Crippen LogP contribution is 2.32. The van der Waals surface area contributed by atoms with Crippen molar-refractivity contribution < 1.29 is 28.6 Å². The molecule has 7 nitrogen and oxygen atoms in total. The maximum absolute atomic E-state index is 12.5. The molecule has 29 heavy (non-hydrogen) atoms. The first-order chi connectivity index (χ1) is 13.9. The second-order valence-corrected chi connectivity index (χ2v) is 7.40. The molecule has 0 aliphatic carbocycles. The first kappa shape index (κ1) is 20.7. The maximum Gasteiger partial charge on any atom is 0.340 e. The standard InChI is InChI=1S/C21H21NO6S/c1-13(23)12-29-19-6-4-3-5-16(19)21(25)28-14(2)20(24)22-15-7-8-17-18(11-15)27-10-9-26-17/h3-8,11,14H,9-10,12H2,1-2H3,(H,22,24)/t14-/m0/s1. The van der Waals surface area contributed by atoms with Crippen molar-refractivity contribution in [2.24, 2.45) is 0 Å². The lowest BCUT2D eigenvalue weighted by molar-refractivity contribution is -0.123. The topological polar surface area (TPSA) is 90.9 Å². The van der Waals surface area contributed by atoms with E-state index >= 15 is 0 Å². The Balaban J connectivity index is 1.62. The number of Topliss-reactive ketones (excluding diaryl/α,β-unsaturated/α-hetero) is 1. The van der Waals surface area contributed by atoms with Crippen molar-refractivity contribution in [1.29, 1.82) is 0 Å². The molecular formula is C21H21NO6S. The minimum Gasteiger partial charge on any atom is -0.486 e. The predicted molar refractivity (Wildman–Crippen MR) is 109 cm³/mol. The van der Waals surface area contributed by atoms with Crippen LogP contribution in [0, 0.1) is 0 Å². The number of benzene rings is 2. The second-order valence-electron chi connectivity index (χ2n) is 6.38. The molecule has 1 aliphatic rings. The monoisotopic (exact) mass is 415 g/mol. The van der Waals surface area contributed by atoms with E-state index in [1.807, 2.05) is 0 Å². The van der Waals surface area contributed by atoms with Gasteiger partial charge >= 0.3 is 5.97 Å². The van der Waals surface area contributed by atoms with Crippen LogP contribution in [-0.4, -0.2) is 42.7 Å². The lowest BCUT2D eigenvalue weighted by Gasteiger charge is -2.19. The van der Waals surface area contributed by atoms with E-state index in [1.54, 1.807) is 42.5 Å². The van der Waals surface area contributed by atoms with E-state index in [9.17, 15) is 14.4 Å². The summed E-state index contributed by atoms with van der Waals surface area (Å²) < 4.78 is 16.3. The van der Waals surface area contributed by atoms with Crippen LogP contribution in [0.2, 0.25) is 0 Å². The molecule has 0 aromatic heterocycles. The Hall–Kier alpha value is -3.00. The number of rotatable bonds is 7. The molecule has 0 unspecified atom stereocenters. The highest BCUT2D eigenvalue weighted by atomic mass is 32.2. The highest BCUT2D eigenvalue weighted by molar-refractivity contribution is 8.00. The molecular weight excluding hydrogens is 394 g/mol. The average molecular weight is 415 g/mol. The van der Waals surface area contributed by atoms with Crippen LogP contribution in [-0.2, 0) is 14.3 Å². The normalized spacial score (nSPS) is 13.3. The fraction of sp³-hybridized carbons (Fsp3) is 0.286. The zero-order chi connectivity index (χ0) is 20.8. The van der Waals surface area contributed by atoms with Gasteiger partial charge in [0, 0.05) is 16.6 Å². The van der Waals surface area contributed by atoms with Gasteiger partial charge in [0.2, 0.25) is 0 Å². The molecule has 1 atom stereocenters. The van der Waals surface area contributed by atoms with E-state index in [4.69, 9.17) is 14.2 Å². The summed E-state index contributed by atoms with van der Waals surface area (Å²) in [6.45, 7) is 3.91. The number of ketones is 1. The Morgan fingerprint density at radius 1 is 1.10 bits per heavy atom. The van der Waals surface area contributed by atoms with Gasteiger partial charge in [0.1, 0.15) is 19.0 Å². The van der Waals surface area contributed by atoms with Crippen LogP contribution < -0.4 is 14.8 Å². The Labute approximate surface area is 172 Å². The van der Waals surface area contributed by atoms with Gasteiger partial charge < -0.3 is 19.5 Å². The number of hydrogen-bond acceptors (Lipinski definition) is 7. The number of nitrogens with one attached hydrogen (secondary N) is 1. The summed E-state index contributed by atoms with van der Waals surface area (Å²) in [5.41, 5.74) is 0.831. The van der Waals surface area contributed by atoms with Gasteiger partial charge in [0.05, 0.1) is 11.3 Å². The third-order valence-electron chi connectivity index (χ3n) is 4.00.